The number of hydrogen-bond donors (Lipinski definition) is 1. The first kappa shape index (κ1) is 16.4. The Balaban J connectivity index is 2.00. The van der Waals surface area contributed by atoms with E-state index >= 15 is 0 Å². The van der Waals surface area contributed by atoms with Crippen LogP contribution in [0.5, 0.6) is 0 Å². The minimum atomic E-state index is -0.541. The summed E-state index contributed by atoms with van der Waals surface area (Å²) in [6.45, 7) is 3.91. The van der Waals surface area contributed by atoms with Gasteiger partial charge in [0.15, 0.2) is 5.78 Å². The van der Waals surface area contributed by atoms with Gasteiger partial charge in [-0.05, 0) is 49.2 Å². The van der Waals surface area contributed by atoms with Crippen molar-refractivity contribution in [2.75, 3.05) is 5.32 Å². The number of nitro benzene ring substituents is 1. The fraction of sp³-hybridized carbons (Fsp3) is 0.176. The number of aryl methyl sites for hydroxylation is 2. The number of Topliss-reactive ketones (excluding diaryl/α,β-unsaturated/α-hetero) is 1. The molecule has 1 amide bonds. The highest BCUT2D eigenvalue weighted by molar-refractivity contribution is 6.11. The van der Waals surface area contributed by atoms with Crippen LogP contribution in [-0.2, 0) is 4.79 Å². The van der Waals surface area contributed by atoms with Gasteiger partial charge in [-0.25, -0.2) is 0 Å². The number of benzene rings is 2. The molecule has 0 saturated heterocycles. The number of nitrogens with zero attached hydrogens (tertiary/aromatic N) is 1. The zero-order chi connectivity index (χ0) is 17.0. The maximum atomic E-state index is 12.0. The van der Waals surface area contributed by atoms with E-state index in [0.29, 0.717) is 5.69 Å². The zero-order valence-corrected chi connectivity index (χ0v) is 12.8. The smallest absolute Gasteiger partial charge is 0.269 e. The summed E-state index contributed by atoms with van der Waals surface area (Å²) >= 11 is 0. The lowest BCUT2D eigenvalue weighted by Gasteiger charge is -2.07. The molecular weight excluding hydrogens is 296 g/mol. The van der Waals surface area contributed by atoms with E-state index in [9.17, 15) is 19.7 Å². The lowest BCUT2D eigenvalue weighted by Crippen LogP contribution is -2.16. The number of nitro groups is 1. The minimum absolute atomic E-state index is 0.0962. The molecule has 0 aliphatic heterocycles. The van der Waals surface area contributed by atoms with Crippen LogP contribution in [0.15, 0.2) is 42.5 Å². The second kappa shape index (κ2) is 6.83. The van der Waals surface area contributed by atoms with Crippen LogP contribution in [0.25, 0.3) is 0 Å². The molecule has 2 aromatic rings. The first-order chi connectivity index (χ1) is 10.9. The summed E-state index contributed by atoms with van der Waals surface area (Å²) in [4.78, 5) is 34.0. The summed E-state index contributed by atoms with van der Waals surface area (Å²) in [7, 11) is 0. The van der Waals surface area contributed by atoms with E-state index < -0.39 is 10.8 Å². The Hall–Kier alpha value is -3.02. The summed E-state index contributed by atoms with van der Waals surface area (Å²) in [6, 6.07) is 10.7. The van der Waals surface area contributed by atoms with Gasteiger partial charge in [-0.3, -0.25) is 19.7 Å². The standard InChI is InChI=1S/C17H16N2O4/c1-11-3-6-14(9-12(11)2)18-17(21)10-16(20)13-4-7-15(8-5-13)19(22)23/h3-9H,10H2,1-2H3,(H,18,21). The van der Waals surface area contributed by atoms with Crippen molar-refractivity contribution in [2.24, 2.45) is 0 Å². The van der Waals surface area contributed by atoms with Crippen molar-refractivity contribution in [3.8, 4) is 0 Å². The first-order valence-electron chi connectivity index (χ1n) is 7.01. The van der Waals surface area contributed by atoms with Gasteiger partial charge in [0.05, 0.1) is 11.3 Å². The van der Waals surface area contributed by atoms with Gasteiger partial charge in [-0.15, -0.1) is 0 Å². The molecule has 0 aliphatic carbocycles. The molecule has 0 saturated carbocycles. The molecule has 118 valence electrons. The minimum Gasteiger partial charge on any atom is -0.326 e. The van der Waals surface area contributed by atoms with Crippen molar-refractivity contribution >= 4 is 23.1 Å². The lowest BCUT2D eigenvalue weighted by molar-refractivity contribution is -0.384. The lowest BCUT2D eigenvalue weighted by atomic mass is 10.1. The van der Waals surface area contributed by atoms with Crippen LogP contribution >= 0.6 is 0 Å². The molecule has 0 unspecified atom stereocenters. The summed E-state index contributed by atoms with van der Waals surface area (Å²) < 4.78 is 0. The van der Waals surface area contributed by atoms with Gasteiger partial charge in [0.25, 0.3) is 5.69 Å². The van der Waals surface area contributed by atoms with Gasteiger partial charge in [0.2, 0.25) is 5.91 Å². The third kappa shape index (κ3) is 4.23. The normalized spacial score (nSPS) is 10.2. The van der Waals surface area contributed by atoms with E-state index in [1.807, 2.05) is 26.0 Å². The topological polar surface area (TPSA) is 89.3 Å². The van der Waals surface area contributed by atoms with Crippen molar-refractivity contribution in [1.29, 1.82) is 0 Å². The van der Waals surface area contributed by atoms with Crippen LogP contribution in [0.3, 0.4) is 0 Å². The molecule has 0 radical (unpaired) electrons. The van der Waals surface area contributed by atoms with E-state index in [2.05, 4.69) is 5.32 Å². The Kier molecular flexibility index (Phi) is 4.85. The molecule has 2 rings (SSSR count). The van der Waals surface area contributed by atoms with E-state index in [0.717, 1.165) is 11.1 Å². The van der Waals surface area contributed by atoms with Crippen LogP contribution < -0.4 is 5.32 Å². The molecule has 0 heterocycles. The van der Waals surface area contributed by atoms with Crippen molar-refractivity contribution < 1.29 is 14.5 Å². The van der Waals surface area contributed by atoms with Crippen LogP contribution in [0.4, 0.5) is 11.4 Å². The molecular formula is C17H16N2O4. The molecule has 0 bridgehead atoms. The largest absolute Gasteiger partial charge is 0.326 e. The summed E-state index contributed by atoms with van der Waals surface area (Å²) in [5, 5.41) is 13.2. The zero-order valence-electron chi connectivity index (χ0n) is 12.8. The number of ketones is 1. The van der Waals surface area contributed by atoms with Gasteiger partial charge < -0.3 is 5.32 Å². The molecule has 2 aromatic carbocycles. The molecule has 6 nitrogen and oxygen atoms in total. The van der Waals surface area contributed by atoms with E-state index in [1.165, 1.54) is 24.3 Å². The Bertz CT molecular complexity index is 767. The van der Waals surface area contributed by atoms with Crippen LogP contribution in [-0.4, -0.2) is 16.6 Å². The van der Waals surface area contributed by atoms with Gasteiger partial charge in [0.1, 0.15) is 0 Å². The van der Waals surface area contributed by atoms with Gasteiger partial charge in [-0.2, -0.15) is 0 Å². The summed E-state index contributed by atoms with van der Waals surface area (Å²) in [5.41, 5.74) is 2.97. The van der Waals surface area contributed by atoms with Crippen molar-refractivity contribution in [1.82, 2.24) is 0 Å². The number of carbonyl (C=O) groups excluding carboxylic acids is 2. The number of hydrogen-bond acceptors (Lipinski definition) is 4. The predicted molar refractivity (Wildman–Crippen MR) is 86.6 cm³/mol. The van der Waals surface area contributed by atoms with Gasteiger partial charge >= 0.3 is 0 Å². The Morgan fingerprint density at radius 1 is 1.04 bits per heavy atom. The molecule has 0 aliphatic rings. The highest BCUT2D eigenvalue weighted by atomic mass is 16.6. The molecule has 1 N–H and O–H groups in total. The predicted octanol–water partition coefficient (Wildman–Crippen LogP) is 3.42. The van der Waals surface area contributed by atoms with E-state index in [4.69, 9.17) is 0 Å². The Labute approximate surface area is 133 Å². The molecule has 6 heteroatoms. The number of nitrogens with one attached hydrogen (secondary N) is 1. The van der Waals surface area contributed by atoms with Crippen LogP contribution in [0.2, 0.25) is 0 Å². The van der Waals surface area contributed by atoms with Crippen molar-refractivity contribution in [2.45, 2.75) is 20.3 Å². The fourth-order valence-corrected chi connectivity index (χ4v) is 2.04. The van der Waals surface area contributed by atoms with E-state index in [1.54, 1.807) is 6.07 Å². The van der Waals surface area contributed by atoms with Gasteiger partial charge in [0, 0.05) is 23.4 Å². The van der Waals surface area contributed by atoms with E-state index in [-0.39, 0.29) is 23.5 Å². The van der Waals surface area contributed by atoms with Crippen LogP contribution in [0.1, 0.15) is 27.9 Å². The average Bonchev–Trinajstić information content (AvgIpc) is 2.51. The quantitative estimate of drug-likeness (QED) is 0.396. The number of amides is 1. The Morgan fingerprint density at radius 3 is 2.26 bits per heavy atom. The van der Waals surface area contributed by atoms with Crippen LogP contribution in [0, 0.1) is 24.0 Å². The second-order valence-electron chi connectivity index (χ2n) is 5.25. The second-order valence-corrected chi connectivity index (χ2v) is 5.25. The summed E-state index contributed by atoms with van der Waals surface area (Å²) in [6.07, 6.45) is -0.315. The average molecular weight is 312 g/mol. The fourth-order valence-electron chi connectivity index (χ4n) is 2.04. The molecule has 0 atom stereocenters. The monoisotopic (exact) mass is 312 g/mol. The van der Waals surface area contributed by atoms with Gasteiger partial charge in [-0.1, -0.05) is 6.07 Å². The number of anilines is 1. The maximum absolute atomic E-state index is 12.0. The third-order valence-electron chi connectivity index (χ3n) is 3.51. The highest BCUT2D eigenvalue weighted by Gasteiger charge is 2.14. The number of carbonyl (C=O) groups is 2. The molecule has 0 fully saturated rings. The van der Waals surface area contributed by atoms with Crippen molar-refractivity contribution in [3.63, 3.8) is 0 Å². The number of non-ortho nitro benzene ring substituents is 1. The number of rotatable bonds is 5. The van der Waals surface area contributed by atoms with Crippen molar-refractivity contribution in [3.05, 3.63) is 69.3 Å². The molecule has 0 spiro atoms. The molecule has 23 heavy (non-hydrogen) atoms. The maximum Gasteiger partial charge on any atom is 0.269 e. The summed E-state index contributed by atoms with van der Waals surface area (Å²) in [5.74, 6) is -0.808. The third-order valence-corrected chi connectivity index (χ3v) is 3.51. The Morgan fingerprint density at radius 2 is 1.70 bits per heavy atom. The molecule has 0 aromatic heterocycles. The first-order valence-corrected chi connectivity index (χ1v) is 7.01. The SMILES string of the molecule is Cc1ccc(NC(=O)CC(=O)c2ccc([N+](=O)[O-])cc2)cc1C. The highest BCUT2D eigenvalue weighted by Crippen LogP contribution is 2.16.